The summed E-state index contributed by atoms with van der Waals surface area (Å²) in [6.07, 6.45) is 1.49. The number of amides is 1. The summed E-state index contributed by atoms with van der Waals surface area (Å²) in [5.74, 6) is 1.85. The van der Waals surface area contributed by atoms with Crippen molar-refractivity contribution < 1.29 is 4.79 Å². The molecule has 1 atom stereocenters. The number of carbonyl (C=O) groups excluding carboxylic acids is 1. The zero-order valence-electron chi connectivity index (χ0n) is 19.6. The molecule has 6 heteroatoms. The molecule has 3 aromatic rings. The molecule has 172 valence electrons. The van der Waals surface area contributed by atoms with Gasteiger partial charge in [-0.1, -0.05) is 67.1 Å². The molecule has 0 saturated carbocycles. The van der Waals surface area contributed by atoms with Gasteiger partial charge in [0.25, 0.3) is 0 Å². The van der Waals surface area contributed by atoms with Gasteiger partial charge in [-0.15, -0.1) is 0 Å². The van der Waals surface area contributed by atoms with E-state index in [2.05, 4.69) is 35.0 Å². The summed E-state index contributed by atoms with van der Waals surface area (Å²) in [6, 6.07) is 18.0. The van der Waals surface area contributed by atoms with Gasteiger partial charge < -0.3 is 9.80 Å². The quantitative estimate of drug-likeness (QED) is 0.506. The van der Waals surface area contributed by atoms with E-state index in [1.165, 1.54) is 0 Å². The molecule has 1 aliphatic rings. The molecule has 5 nitrogen and oxygen atoms in total. The van der Waals surface area contributed by atoms with Gasteiger partial charge in [0.15, 0.2) is 0 Å². The Bertz CT molecular complexity index is 1110. The minimum absolute atomic E-state index is 0.0860. The lowest BCUT2D eigenvalue weighted by Gasteiger charge is -2.38. The normalized spacial score (nSPS) is 14.9. The molecule has 1 amide bonds. The number of nitrogens with zero attached hydrogens (tertiary/aromatic N) is 4. The standard InChI is InChI=1S/C27H31ClN4O/c1-4-23(21-10-6-5-7-11-21)27(33)32-16-14-31(15-17-32)26-24(19(2)29-20(3)30-26)18-22-12-8-9-13-25(22)28/h5-13,23H,4,14-18H2,1-3H3/t23-/m0/s1. The molecule has 0 bridgehead atoms. The molecule has 0 N–H and O–H groups in total. The summed E-state index contributed by atoms with van der Waals surface area (Å²) in [7, 11) is 0. The van der Waals surface area contributed by atoms with Gasteiger partial charge in [-0.3, -0.25) is 4.79 Å². The Morgan fingerprint density at radius 1 is 0.970 bits per heavy atom. The molecule has 0 radical (unpaired) electrons. The van der Waals surface area contributed by atoms with Gasteiger partial charge in [0.05, 0.1) is 5.92 Å². The summed E-state index contributed by atoms with van der Waals surface area (Å²) >= 11 is 6.45. The molecule has 0 unspecified atom stereocenters. The molecule has 0 spiro atoms. The minimum atomic E-state index is -0.0860. The lowest BCUT2D eigenvalue weighted by molar-refractivity contribution is -0.133. The number of carbonyl (C=O) groups is 1. The van der Waals surface area contributed by atoms with Crippen LogP contribution >= 0.6 is 11.6 Å². The third-order valence-corrected chi connectivity index (χ3v) is 6.80. The second-order valence-electron chi connectivity index (χ2n) is 8.61. The van der Waals surface area contributed by atoms with Gasteiger partial charge >= 0.3 is 0 Å². The monoisotopic (exact) mass is 462 g/mol. The van der Waals surface area contributed by atoms with Crippen LogP contribution in [0.4, 0.5) is 5.82 Å². The first-order valence-electron chi connectivity index (χ1n) is 11.6. The highest BCUT2D eigenvalue weighted by molar-refractivity contribution is 6.31. The lowest BCUT2D eigenvalue weighted by atomic mass is 9.94. The van der Waals surface area contributed by atoms with Crippen LogP contribution < -0.4 is 4.90 Å². The number of piperazine rings is 1. The van der Waals surface area contributed by atoms with Crippen LogP contribution in [0, 0.1) is 13.8 Å². The fourth-order valence-corrected chi connectivity index (χ4v) is 4.82. The topological polar surface area (TPSA) is 49.3 Å². The third-order valence-electron chi connectivity index (χ3n) is 6.43. The first-order chi connectivity index (χ1) is 16.0. The smallest absolute Gasteiger partial charge is 0.230 e. The van der Waals surface area contributed by atoms with Crippen LogP contribution in [0.3, 0.4) is 0 Å². The SMILES string of the molecule is CC[C@H](C(=O)N1CCN(c2nc(C)nc(C)c2Cc2ccccc2Cl)CC1)c1ccccc1. The van der Waals surface area contributed by atoms with Gasteiger partial charge in [0.1, 0.15) is 11.6 Å². The van der Waals surface area contributed by atoms with E-state index in [1.807, 2.05) is 55.1 Å². The highest BCUT2D eigenvalue weighted by Gasteiger charge is 2.29. The molecule has 1 fully saturated rings. The van der Waals surface area contributed by atoms with Crippen molar-refractivity contribution in [3.63, 3.8) is 0 Å². The van der Waals surface area contributed by atoms with Crippen LogP contribution in [0.5, 0.6) is 0 Å². The Labute approximate surface area is 201 Å². The Morgan fingerprint density at radius 3 is 2.30 bits per heavy atom. The van der Waals surface area contributed by atoms with E-state index >= 15 is 0 Å². The number of aryl methyl sites for hydroxylation is 2. The average molecular weight is 463 g/mol. The molecule has 2 heterocycles. The first-order valence-corrected chi connectivity index (χ1v) is 12.0. The summed E-state index contributed by atoms with van der Waals surface area (Å²) in [6.45, 7) is 8.94. The fraction of sp³-hybridized carbons (Fsp3) is 0.370. The van der Waals surface area contributed by atoms with Crippen LogP contribution in [-0.2, 0) is 11.2 Å². The average Bonchev–Trinajstić information content (AvgIpc) is 2.83. The van der Waals surface area contributed by atoms with E-state index in [1.54, 1.807) is 0 Å². The number of hydrogen-bond acceptors (Lipinski definition) is 4. The number of hydrogen-bond donors (Lipinski definition) is 0. The summed E-state index contributed by atoms with van der Waals surface area (Å²) in [5.41, 5.74) is 4.24. The van der Waals surface area contributed by atoms with E-state index in [9.17, 15) is 4.79 Å². The predicted molar refractivity (Wildman–Crippen MR) is 134 cm³/mol. The molecule has 33 heavy (non-hydrogen) atoms. The van der Waals surface area contributed by atoms with Gasteiger partial charge in [0.2, 0.25) is 5.91 Å². The van der Waals surface area contributed by atoms with Gasteiger partial charge in [-0.2, -0.15) is 0 Å². The summed E-state index contributed by atoms with van der Waals surface area (Å²) in [5, 5.41) is 0.755. The van der Waals surface area contributed by atoms with Gasteiger partial charge in [0, 0.05) is 48.9 Å². The second-order valence-corrected chi connectivity index (χ2v) is 9.02. The van der Waals surface area contributed by atoms with Crippen LogP contribution in [0.1, 0.15) is 47.5 Å². The maximum Gasteiger partial charge on any atom is 0.230 e. The molecule has 1 aromatic heterocycles. The Morgan fingerprint density at radius 2 is 1.64 bits per heavy atom. The lowest BCUT2D eigenvalue weighted by Crippen LogP contribution is -2.50. The van der Waals surface area contributed by atoms with Crippen molar-refractivity contribution in [1.29, 1.82) is 0 Å². The van der Waals surface area contributed by atoms with Crippen molar-refractivity contribution >= 4 is 23.3 Å². The third kappa shape index (κ3) is 5.19. The van der Waals surface area contributed by atoms with Gasteiger partial charge in [-0.05, 0) is 37.5 Å². The summed E-state index contributed by atoms with van der Waals surface area (Å²) < 4.78 is 0. The number of benzene rings is 2. The van der Waals surface area contributed by atoms with E-state index in [-0.39, 0.29) is 11.8 Å². The second kappa shape index (κ2) is 10.3. The van der Waals surface area contributed by atoms with Crippen molar-refractivity contribution in [2.24, 2.45) is 0 Å². The van der Waals surface area contributed by atoms with Crippen LogP contribution in [0.25, 0.3) is 0 Å². The number of halogens is 1. The van der Waals surface area contributed by atoms with Crippen molar-refractivity contribution in [2.75, 3.05) is 31.1 Å². The molecule has 2 aromatic carbocycles. The largest absolute Gasteiger partial charge is 0.353 e. The first kappa shape index (κ1) is 23.2. The van der Waals surface area contributed by atoms with E-state index in [0.29, 0.717) is 19.5 Å². The Kier molecular flexibility index (Phi) is 7.29. The zero-order chi connectivity index (χ0) is 23.4. The van der Waals surface area contributed by atoms with Crippen molar-refractivity contribution in [3.8, 4) is 0 Å². The highest BCUT2D eigenvalue weighted by atomic mass is 35.5. The minimum Gasteiger partial charge on any atom is -0.353 e. The number of anilines is 1. The van der Waals surface area contributed by atoms with Crippen LogP contribution in [-0.4, -0.2) is 47.0 Å². The molecular formula is C27H31ClN4O. The van der Waals surface area contributed by atoms with Crippen molar-refractivity contribution in [3.05, 3.63) is 87.8 Å². The number of aromatic nitrogens is 2. The van der Waals surface area contributed by atoms with Crippen molar-refractivity contribution in [1.82, 2.24) is 14.9 Å². The predicted octanol–water partition coefficient (Wildman–Crippen LogP) is 5.18. The fourth-order valence-electron chi connectivity index (χ4n) is 4.62. The van der Waals surface area contributed by atoms with E-state index in [0.717, 1.165) is 58.6 Å². The van der Waals surface area contributed by atoms with E-state index in [4.69, 9.17) is 16.6 Å². The summed E-state index contributed by atoms with van der Waals surface area (Å²) in [4.78, 5) is 27.0. The molecule has 4 rings (SSSR count). The molecule has 1 aliphatic heterocycles. The highest BCUT2D eigenvalue weighted by Crippen LogP contribution is 2.29. The molecule has 0 aliphatic carbocycles. The van der Waals surface area contributed by atoms with Crippen LogP contribution in [0.2, 0.25) is 5.02 Å². The maximum atomic E-state index is 13.3. The Hall–Kier alpha value is -2.92. The Balaban J connectivity index is 1.52. The van der Waals surface area contributed by atoms with Gasteiger partial charge in [-0.25, -0.2) is 9.97 Å². The molecular weight excluding hydrogens is 432 g/mol. The number of rotatable bonds is 6. The van der Waals surface area contributed by atoms with E-state index < -0.39 is 0 Å². The van der Waals surface area contributed by atoms with Crippen molar-refractivity contribution in [2.45, 2.75) is 39.5 Å². The zero-order valence-corrected chi connectivity index (χ0v) is 20.3. The maximum absolute atomic E-state index is 13.3. The van der Waals surface area contributed by atoms with Crippen LogP contribution in [0.15, 0.2) is 54.6 Å². The molecule has 1 saturated heterocycles.